The van der Waals surface area contributed by atoms with E-state index in [2.05, 4.69) is 5.32 Å². The second kappa shape index (κ2) is 6.81. The number of hydrogen-bond acceptors (Lipinski definition) is 3. The van der Waals surface area contributed by atoms with Crippen LogP contribution in [0, 0.1) is 0 Å². The number of hydrogen-bond donors (Lipinski definition) is 1. The average Bonchev–Trinajstić information content (AvgIpc) is 2.75. The molecule has 0 aromatic heterocycles. The maximum atomic E-state index is 12.3. The third kappa shape index (κ3) is 3.88. The molecule has 0 bridgehead atoms. The topological polar surface area (TPSA) is 69.7 Å². The number of rotatable bonds is 5. The van der Waals surface area contributed by atoms with E-state index in [4.69, 9.17) is 0 Å². The van der Waals surface area contributed by atoms with Gasteiger partial charge >= 0.3 is 6.03 Å². The van der Waals surface area contributed by atoms with Gasteiger partial charge < -0.3 is 10.2 Å². The molecule has 0 saturated carbocycles. The van der Waals surface area contributed by atoms with Gasteiger partial charge in [0.15, 0.2) is 0 Å². The number of nitrogens with one attached hydrogen (secondary N) is 1. The van der Waals surface area contributed by atoms with E-state index < -0.39 is 0 Å². The normalized spacial score (nSPS) is 15.0. The minimum Gasteiger partial charge on any atom is -0.350 e. The van der Waals surface area contributed by atoms with E-state index in [1.165, 1.54) is 9.80 Å². The summed E-state index contributed by atoms with van der Waals surface area (Å²) in [6.45, 7) is 7.85. The Balaban J connectivity index is 2.13. The fraction of sp³-hybridized carbons (Fsp3) is 0.471. The van der Waals surface area contributed by atoms with Gasteiger partial charge in [-0.1, -0.05) is 12.1 Å². The van der Waals surface area contributed by atoms with Crippen LogP contribution in [0.1, 0.15) is 43.6 Å². The van der Waals surface area contributed by atoms with Crippen molar-refractivity contribution < 1.29 is 14.4 Å². The molecule has 1 aliphatic heterocycles. The van der Waals surface area contributed by atoms with Crippen LogP contribution in [0.3, 0.4) is 0 Å². The van der Waals surface area contributed by atoms with Gasteiger partial charge in [0, 0.05) is 17.6 Å². The highest BCUT2D eigenvalue weighted by Gasteiger charge is 2.37. The quantitative estimate of drug-likeness (QED) is 0.845. The summed E-state index contributed by atoms with van der Waals surface area (Å²) in [7, 11) is 0. The van der Waals surface area contributed by atoms with Gasteiger partial charge in [0.05, 0.1) is 6.54 Å². The van der Waals surface area contributed by atoms with Gasteiger partial charge in [-0.3, -0.25) is 14.5 Å². The van der Waals surface area contributed by atoms with Crippen molar-refractivity contribution in [1.29, 1.82) is 0 Å². The van der Waals surface area contributed by atoms with Gasteiger partial charge in [-0.2, -0.15) is 0 Å². The summed E-state index contributed by atoms with van der Waals surface area (Å²) in [5.74, 6) is -0.370. The van der Waals surface area contributed by atoms with Gasteiger partial charge in [0.2, 0.25) is 0 Å². The average molecular weight is 317 g/mol. The van der Waals surface area contributed by atoms with Crippen molar-refractivity contribution in [3.05, 3.63) is 35.4 Å². The zero-order valence-electron chi connectivity index (χ0n) is 14.0. The summed E-state index contributed by atoms with van der Waals surface area (Å²) in [6, 6.07) is 6.76. The monoisotopic (exact) mass is 317 g/mol. The molecule has 1 saturated heterocycles. The molecule has 1 aromatic rings. The summed E-state index contributed by atoms with van der Waals surface area (Å²) in [5.41, 5.74) is 1.28. The van der Waals surface area contributed by atoms with Gasteiger partial charge in [-0.15, -0.1) is 0 Å². The van der Waals surface area contributed by atoms with E-state index in [9.17, 15) is 14.4 Å². The van der Waals surface area contributed by atoms with E-state index >= 15 is 0 Å². The molecule has 1 fully saturated rings. The van der Waals surface area contributed by atoms with Crippen LogP contribution in [0.2, 0.25) is 0 Å². The molecule has 0 spiro atoms. The summed E-state index contributed by atoms with van der Waals surface area (Å²) < 4.78 is 0. The molecule has 1 N–H and O–H groups in total. The lowest BCUT2D eigenvalue weighted by molar-refractivity contribution is -0.125. The van der Waals surface area contributed by atoms with Crippen molar-refractivity contribution in [1.82, 2.24) is 15.1 Å². The van der Waals surface area contributed by atoms with Crippen molar-refractivity contribution in [3.63, 3.8) is 0 Å². The molecule has 23 heavy (non-hydrogen) atoms. The lowest BCUT2D eigenvalue weighted by Gasteiger charge is -2.20. The Morgan fingerprint density at radius 2 is 1.91 bits per heavy atom. The second-order valence-corrected chi connectivity index (χ2v) is 6.31. The molecule has 6 nitrogen and oxygen atoms in total. The van der Waals surface area contributed by atoms with Crippen molar-refractivity contribution in [2.75, 3.05) is 6.54 Å². The third-order valence-electron chi connectivity index (χ3n) is 3.66. The molecule has 2 rings (SSSR count). The van der Waals surface area contributed by atoms with Gasteiger partial charge in [-0.25, -0.2) is 4.79 Å². The number of urea groups is 1. The van der Waals surface area contributed by atoms with Gasteiger partial charge in [-0.05, 0) is 45.4 Å². The molecule has 124 valence electrons. The fourth-order valence-corrected chi connectivity index (χ4v) is 2.46. The highest BCUT2D eigenvalue weighted by atomic mass is 16.2. The highest BCUT2D eigenvalue weighted by molar-refractivity contribution is 6.02. The number of amides is 4. The molecule has 1 aliphatic rings. The molecule has 1 aromatic carbocycles. The van der Waals surface area contributed by atoms with E-state index in [-0.39, 0.29) is 43.0 Å². The van der Waals surface area contributed by atoms with E-state index in [1.54, 1.807) is 18.2 Å². The van der Waals surface area contributed by atoms with Crippen LogP contribution in [-0.2, 0) is 11.3 Å². The number of imide groups is 1. The molecular weight excluding hydrogens is 294 g/mol. The molecule has 6 heteroatoms. The highest BCUT2D eigenvalue weighted by Crippen LogP contribution is 2.17. The first-order valence-corrected chi connectivity index (χ1v) is 7.80. The van der Waals surface area contributed by atoms with Gasteiger partial charge in [0.25, 0.3) is 11.8 Å². The lowest BCUT2D eigenvalue weighted by atomic mass is 10.1. The van der Waals surface area contributed by atoms with Crippen LogP contribution in [-0.4, -0.2) is 46.3 Å². The molecular formula is C17H23N3O3. The van der Waals surface area contributed by atoms with Crippen LogP contribution in [0.15, 0.2) is 24.3 Å². The van der Waals surface area contributed by atoms with Gasteiger partial charge in [0.1, 0.15) is 6.54 Å². The largest absolute Gasteiger partial charge is 0.350 e. The molecule has 4 amide bonds. The molecule has 0 unspecified atom stereocenters. The number of benzene rings is 1. The minimum absolute atomic E-state index is 0.0143. The van der Waals surface area contributed by atoms with Crippen LogP contribution in [0.4, 0.5) is 4.79 Å². The van der Waals surface area contributed by atoms with Crippen LogP contribution < -0.4 is 5.32 Å². The smallest absolute Gasteiger partial charge is 0.327 e. The maximum Gasteiger partial charge on any atom is 0.327 e. The summed E-state index contributed by atoms with van der Waals surface area (Å²) in [4.78, 5) is 39.2. The molecule has 1 heterocycles. The molecule has 0 atom stereocenters. The number of carbonyl (C=O) groups excluding carboxylic acids is 3. The van der Waals surface area contributed by atoms with Crippen molar-refractivity contribution in [3.8, 4) is 0 Å². The van der Waals surface area contributed by atoms with Crippen LogP contribution in [0.5, 0.6) is 0 Å². The maximum absolute atomic E-state index is 12.3. The minimum atomic E-state index is -0.276. The number of carbonyl (C=O) groups is 3. The van der Waals surface area contributed by atoms with Crippen molar-refractivity contribution in [2.24, 2.45) is 0 Å². The van der Waals surface area contributed by atoms with E-state index in [1.807, 2.05) is 33.8 Å². The zero-order valence-corrected chi connectivity index (χ0v) is 14.0. The Morgan fingerprint density at radius 1 is 1.22 bits per heavy atom. The SMILES string of the molecule is CC(C)NC(=O)c1cccc(CN2C(=O)CN(C(C)C)C2=O)c1. The predicted molar refractivity (Wildman–Crippen MR) is 86.8 cm³/mol. The Bertz CT molecular complexity index is 625. The second-order valence-electron chi connectivity index (χ2n) is 6.31. The van der Waals surface area contributed by atoms with E-state index in [0.29, 0.717) is 5.56 Å². The number of nitrogens with zero attached hydrogens (tertiary/aromatic N) is 2. The Morgan fingerprint density at radius 3 is 2.48 bits per heavy atom. The lowest BCUT2D eigenvalue weighted by Crippen LogP contribution is -2.36. The first-order valence-electron chi connectivity index (χ1n) is 7.80. The molecule has 0 radical (unpaired) electrons. The standard InChI is InChI=1S/C17H23N3O3/c1-11(2)18-16(22)14-7-5-6-13(8-14)9-20-15(21)10-19(12(3)4)17(20)23/h5-8,11-12H,9-10H2,1-4H3,(H,18,22). The predicted octanol–water partition coefficient (Wildman–Crippen LogP) is 2.00. The third-order valence-corrected chi connectivity index (χ3v) is 3.66. The Hall–Kier alpha value is -2.37. The zero-order chi connectivity index (χ0) is 17.1. The molecule has 0 aliphatic carbocycles. The Kier molecular flexibility index (Phi) is 5.03. The summed E-state index contributed by atoms with van der Waals surface area (Å²) in [5, 5.41) is 2.82. The van der Waals surface area contributed by atoms with Crippen molar-refractivity contribution in [2.45, 2.75) is 46.3 Å². The summed E-state index contributed by atoms with van der Waals surface area (Å²) in [6.07, 6.45) is 0. The first-order chi connectivity index (χ1) is 10.8. The van der Waals surface area contributed by atoms with Crippen LogP contribution >= 0.6 is 0 Å². The Labute approximate surface area is 136 Å². The van der Waals surface area contributed by atoms with Crippen molar-refractivity contribution >= 4 is 17.8 Å². The summed E-state index contributed by atoms with van der Waals surface area (Å²) >= 11 is 0. The fourth-order valence-electron chi connectivity index (χ4n) is 2.46. The first kappa shape index (κ1) is 17.0. The van der Waals surface area contributed by atoms with E-state index in [0.717, 1.165) is 5.56 Å². The van der Waals surface area contributed by atoms with Crippen LogP contribution in [0.25, 0.3) is 0 Å².